The van der Waals surface area contributed by atoms with Gasteiger partial charge in [-0.05, 0) is 62.0 Å². The Balaban J connectivity index is 1.09. The molecule has 0 aliphatic rings. The average Bonchev–Trinajstić information content (AvgIpc) is 3.85. The van der Waals surface area contributed by atoms with Crippen LogP contribution in [0.5, 0.6) is 0 Å². The Bertz CT molecular complexity index is 3810. The van der Waals surface area contributed by atoms with Gasteiger partial charge in [0.15, 0.2) is 17.5 Å². The monoisotopic (exact) mass is 764 g/mol. The third-order valence-corrected chi connectivity index (χ3v) is 12.2. The van der Waals surface area contributed by atoms with E-state index in [-0.39, 0.29) is 0 Å². The Morgan fingerprint density at radius 3 is 1.50 bits per heavy atom. The van der Waals surface area contributed by atoms with Gasteiger partial charge in [-0.2, -0.15) is 0 Å². The maximum absolute atomic E-state index is 7.10. The van der Waals surface area contributed by atoms with Crippen LogP contribution in [-0.4, -0.2) is 19.5 Å². The Kier molecular flexibility index (Phi) is 6.95. The summed E-state index contributed by atoms with van der Waals surface area (Å²) in [5, 5.41) is 13.6. The molecule has 0 bridgehead atoms. The number of rotatable bonds is 4. The van der Waals surface area contributed by atoms with Gasteiger partial charge in [-0.1, -0.05) is 164 Å². The van der Waals surface area contributed by atoms with Gasteiger partial charge in [0.25, 0.3) is 0 Å². The molecule has 0 spiro atoms. The lowest BCUT2D eigenvalue weighted by molar-refractivity contribution is 0.669. The SMILES string of the molecule is c1ccc2cc3c(cc2c1)c1ccccc1n3-c1cc2oc3c(-c4nc(-c5cccc6ccccc56)nc(-c5cccc6ccccc56)n4)cccc3c2c2ccccc12. The molecule has 0 aliphatic heterocycles. The molecule has 0 radical (unpaired) electrons. The van der Waals surface area contributed by atoms with Crippen LogP contribution in [-0.2, 0) is 0 Å². The van der Waals surface area contributed by atoms with Crippen LogP contribution in [0.3, 0.4) is 0 Å². The summed E-state index contributed by atoms with van der Waals surface area (Å²) in [6.07, 6.45) is 0. The van der Waals surface area contributed by atoms with Gasteiger partial charge in [0.2, 0.25) is 0 Å². The zero-order chi connectivity index (χ0) is 39.3. The lowest BCUT2D eigenvalue weighted by Crippen LogP contribution is -2.01. The lowest BCUT2D eigenvalue weighted by atomic mass is 10.0. The zero-order valence-corrected chi connectivity index (χ0v) is 32.2. The zero-order valence-electron chi connectivity index (χ0n) is 32.2. The van der Waals surface area contributed by atoms with E-state index in [0.29, 0.717) is 17.5 Å². The van der Waals surface area contributed by atoms with Crippen molar-refractivity contribution in [1.82, 2.24) is 19.5 Å². The lowest BCUT2D eigenvalue weighted by Gasteiger charge is -2.13. The van der Waals surface area contributed by atoms with Gasteiger partial charge in [-0.25, -0.2) is 15.0 Å². The molecule has 0 amide bonds. The number of benzene rings is 10. The van der Waals surface area contributed by atoms with Gasteiger partial charge in [0, 0.05) is 44.1 Å². The normalized spacial score (nSPS) is 12.0. The van der Waals surface area contributed by atoms with E-state index in [2.05, 4.69) is 199 Å². The van der Waals surface area contributed by atoms with Crippen LogP contribution in [0.1, 0.15) is 0 Å². The van der Waals surface area contributed by atoms with Crippen molar-refractivity contribution >= 4 is 86.8 Å². The maximum atomic E-state index is 7.10. The predicted molar refractivity (Wildman–Crippen MR) is 248 cm³/mol. The highest BCUT2D eigenvalue weighted by Gasteiger charge is 2.23. The molecule has 10 aromatic carbocycles. The second kappa shape index (κ2) is 12.7. The van der Waals surface area contributed by atoms with Gasteiger partial charge in [0.1, 0.15) is 11.2 Å². The summed E-state index contributed by atoms with van der Waals surface area (Å²) in [4.78, 5) is 15.8. The number of aromatic nitrogens is 4. The molecule has 5 heteroatoms. The van der Waals surface area contributed by atoms with Crippen LogP contribution in [0, 0.1) is 0 Å². The van der Waals surface area contributed by atoms with Crippen LogP contribution in [0.15, 0.2) is 199 Å². The summed E-state index contributed by atoms with van der Waals surface area (Å²) in [5.41, 5.74) is 7.62. The van der Waals surface area contributed by atoms with Crippen LogP contribution in [0.25, 0.3) is 127 Å². The molecule has 0 N–H and O–H groups in total. The van der Waals surface area contributed by atoms with Crippen molar-refractivity contribution in [2.75, 3.05) is 0 Å². The van der Waals surface area contributed by atoms with Crippen LogP contribution in [0.2, 0.25) is 0 Å². The van der Waals surface area contributed by atoms with Crippen molar-refractivity contribution < 1.29 is 4.42 Å². The Hall–Kier alpha value is -8.15. The van der Waals surface area contributed by atoms with E-state index < -0.39 is 0 Å². The molecular weight excluding hydrogens is 733 g/mol. The quantitative estimate of drug-likeness (QED) is 0.179. The standard InChI is InChI=1S/C55H32N4O/c1-2-17-36-31-48-46(30-35(36)16-1)40-23-9-10-29-47(40)59(48)49-32-50-51(41-24-8-7-22-39(41)49)44-27-13-28-45(52(44)60-50)55-57-53(42-25-11-18-33-14-3-5-20-37(33)42)56-54(58-55)43-26-12-19-34-15-4-6-21-38(34)43/h1-32H. The fourth-order valence-electron chi connectivity index (χ4n) is 9.50. The van der Waals surface area contributed by atoms with Gasteiger partial charge in [-0.15, -0.1) is 0 Å². The molecule has 0 saturated carbocycles. The van der Waals surface area contributed by atoms with Gasteiger partial charge in [0.05, 0.1) is 22.3 Å². The highest BCUT2D eigenvalue weighted by Crippen LogP contribution is 2.44. The first kappa shape index (κ1) is 32.9. The minimum absolute atomic E-state index is 0.555. The van der Waals surface area contributed by atoms with E-state index in [1.54, 1.807) is 0 Å². The summed E-state index contributed by atoms with van der Waals surface area (Å²) < 4.78 is 9.51. The summed E-state index contributed by atoms with van der Waals surface area (Å²) in [6.45, 7) is 0. The summed E-state index contributed by atoms with van der Waals surface area (Å²) in [7, 11) is 0. The van der Waals surface area contributed by atoms with Crippen LogP contribution in [0.4, 0.5) is 0 Å². The molecule has 0 atom stereocenters. The minimum Gasteiger partial charge on any atom is -0.455 e. The summed E-state index contributed by atoms with van der Waals surface area (Å²) in [5.74, 6) is 1.78. The number of fused-ring (bicyclic) bond motifs is 11. The van der Waals surface area contributed by atoms with E-state index in [0.717, 1.165) is 87.7 Å². The van der Waals surface area contributed by atoms with Crippen LogP contribution < -0.4 is 0 Å². The highest BCUT2D eigenvalue weighted by atomic mass is 16.3. The second-order valence-electron chi connectivity index (χ2n) is 15.5. The summed E-state index contributed by atoms with van der Waals surface area (Å²) in [6, 6.07) is 68.5. The average molecular weight is 765 g/mol. The van der Waals surface area contributed by atoms with Crippen molar-refractivity contribution in [2.45, 2.75) is 0 Å². The Morgan fingerprint density at radius 2 is 0.817 bits per heavy atom. The first-order valence-corrected chi connectivity index (χ1v) is 20.3. The molecule has 278 valence electrons. The molecule has 60 heavy (non-hydrogen) atoms. The van der Waals surface area contributed by atoms with Crippen molar-refractivity contribution in [3.8, 4) is 39.9 Å². The highest BCUT2D eigenvalue weighted by molar-refractivity contribution is 6.23. The number of hydrogen-bond donors (Lipinski definition) is 0. The number of furan rings is 1. The van der Waals surface area contributed by atoms with Gasteiger partial charge in [-0.3, -0.25) is 0 Å². The van der Waals surface area contributed by atoms with Gasteiger partial charge >= 0.3 is 0 Å². The van der Waals surface area contributed by atoms with E-state index in [4.69, 9.17) is 19.4 Å². The number of nitrogens with zero attached hydrogens (tertiary/aromatic N) is 4. The first-order chi connectivity index (χ1) is 29.7. The molecular formula is C55H32N4O. The van der Waals surface area contributed by atoms with E-state index in [1.165, 1.54) is 21.5 Å². The van der Waals surface area contributed by atoms with Gasteiger partial charge < -0.3 is 8.98 Å². The van der Waals surface area contributed by atoms with E-state index in [1.807, 2.05) is 0 Å². The fourth-order valence-corrected chi connectivity index (χ4v) is 9.50. The number of para-hydroxylation sites is 2. The topological polar surface area (TPSA) is 56.7 Å². The molecule has 0 saturated heterocycles. The molecule has 0 fully saturated rings. The molecule has 5 nitrogen and oxygen atoms in total. The molecule has 3 heterocycles. The fraction of sp³-hybridized carbons (Fsp3) is 0. The largest absolute Gasteiger partial charge is 0.455 e. The van der Waals surface area contributed by atoms with Crippen LogP contribution >= 0.6 is 0 Å². The molecule has 0 aliphatic carbocycles. The van der Waals surface area contributed by atoms with Crippen molar-refractivity contribution in [3.05, 3.63) is 194 Å². The predicted octanol–water partition coefficient (Wildman–Crippen LogP) is 14.5. The smallest absolute Gasteiger partial charge is 0.167 e. The third kappa shape index (κ3) is 4.84. The molecule has 13 aromatic rings. The number of hydrogen-bond acceptors (Lipinski definition) is 4. The first-order valence-electron chi connectivity index (χ1n) is 20.3. The molecule has 0 unspecified atom stereocenters. The minimum atomic E-state index is 0.555. The van der Waals surface area contributed by atoms with Crippen molar-refractivity contribution in [3.63, 3.8) is 0 Å². The van der Waals surface area contributed by atoms with E-state index >= 15 is 0 Å². The summed E-state index contributed by atoms with van der Waals surface area (Å²) >= 11 is 0. The second-order valence-corrected chi connectivity index (χ2v) is 15.5. The Labute approximate surface area is 343 Å². The Morgan fingerprint density at radius 1 is 0.333 bits per heavy atom. The third-order valence-electron chi connectivity index (χ3n) is 12.2. The van der Waals surface area contributed by atoms with E-state index in [9.17, 15) is 0 Å². The molecule has 13 rings (SSSR count). The maximum Gasteiger partial charge on any atom is 0.167 e. The molecule has 3 aromatic heterocycles. The van der Waals surface area contributed by atoms with Crippen molar-refractivity contribution in [1.29, 1.82) is 0 Å². The van der Waals surface area contributed by atoms with Crippen molar-refractivity contribution in [2.24, 2.45) is 0 Å².